The Kier molecular flexibility index (Phi) is 9.45. The fourth-order valence-electron chi connectivity index (χ4n) is 3.22. The van der Waals surface area contributed by atoms with Gasteiger partial charge in [-0.25, -0.2) is 9.59 Å². The highest BCUT2D eigenvalue weighted by Gasteiger charge is 2.14. The molecule has 32 heavy (non-hydrogen) atoms. The van der Waals surface area contributed by atoms with E-state index in [-0.39, 0.29) is 0 Å². The van der Waals surface area contributed by atoms with Crippen LogP contribution in [0.25, 0.3) is 11.1 Å². The Morgan fingerprint density at radius 1 is 0.719 bits per heavy atom. The molecule has 0 heterocycles. The van der Waals surface area contributed by atoms with Crippen LogP contribution in [-0.4, -0.2) is 11.9 Å². The highest BCUT2D eigenvalue weighted by atomic mass is 16.5. The maximum Gasteiger partial charge on any atom is 0.338 e. The second-order valence-corrected chi connectivity index (χ2v) is 8.19. The Balaban J connectivity index is 2.43. The van der Waals surface area contributed by atoms with Gasteiger partial charge >= 0.3 is 11.9 Å². The van der Waals surface area contributed by atoms with E-state index in [1.165, 1.54) is 0 Å². The Morgan fingerprint density at radius 3 is 1.41 bits per heavy atom. The number of rotatable bonds is 11. The minimum atomic E-state index is -0.416. The van der Waals surface area contributed by atoms with Gasteiger partial charge in [-0.1, -0.05) is 52.0 Å². The van der Waals surface area contributed by atoms with Gasteiger partial charge in [-0.05, 0) is 86.1 Å². The van der Waals surface area contributed by atoms with Gasteiger partial charge in [-0.3, -0.25) is 0 Å². The first-order valence-electron chi connectivity index (χ1n) is 11.3. The van der Waals surface area contributed by atoms with E-state index in [2.05, 4.69) is 39.1 Å². The van der Waals surface area contributed by atoms with Crippen LogP contribution in [0.5, 0.6) is 11.5 Å². The maximum atomic E-state index is 12.0. The van der Waals surface area contributed by atoms with E-state index in [0.717, 1.165) is 60.8 Å². The third kappa shape index (κ3) is 6.94. The van der Waals surface area contributed by atoms with Crippen molar-refractivity contribution in [3.63, 3.8) is 0 Å². The zero-order chi connectivity index (χ0) is 23.7. The van der Waals surface area contributed by atoms with Crippen LogP contribution in [0.15, 0.2) is 60.7 Å². The van der Waals surface area contributed by atoms with Gasteiger partial charge in [0.1, 0.15) is 11.5 Å². The van der Waals surface area contributed by atoms with Crippen LogP contribution in [-0.2, 0) is 22.4 Å². The van der Waals surface area contributed by atoms with Crippen LogP contribution in [0, 0.1) is 0 Å². The molecule has 0 aliphatic rings. The molecule has 2 rings (SSSR count). The molecule has 0 saturated heterocycles. The summed E-state index contributed by atoms with van der Waals surface area (Å²) in [6, 6.07) is 11.8. The molecule has 0 bridgehead atoms. The summed E-state index contributed by atoms with van der Waals surface area (Å²) in [6.07, 6.45) is 5.72. The summed E-state index contributed by atoms with van der Waals surface area (Å²) in [7, 11) is 0. The van der Waals surface area contributed by atoms with E-state index in [9.17, 15) is 9.59 Å². The van der Waals surface area contributed by atoms with E-state index >= 15 is 0 Å². The summed E-state index contributed by atoms with van der Waals surface area (Å²) in [6.45, 7) is 14.9. The molecular weight excluding hydrogens is 400 g/mol. The van der Waals surface area contributed by atoms with E-state index in [1.54, 1.807) is 13.8 Å². The lowest BCUT2D eigenvalue weighted by molar-refractivity contribution is -0.131. The minimum absolute atomic E-state index is 0.371. The molecular formula is C28H34O4. The fourth-order valence-corrected chi connectivity index (χ4v) is 3.22. The zero-order valence-corrected chi connectivity index (χ0v) is 19.8. The SMILES string of the molecule is C=C(C)C(=O)Oc1ccc(-c2ccc(OC(=O)C(=C)C)c(CCCC)c2)cc1CCCC. The van der Waals surface area contributed by atoms with Crippen molar-refractivity contribution >= 4 is 11.9 Å². The maximum absolute atomic E-state index is 12.0. The molecule has 0 saturated carbocycles. The lowest BCUT2D eigenvalue weighted by Crippen LogP contribution is -2.10. The number of hydrogen-bond acceptors (Lipinski definition) is 4. The number of esters is 2. The number of carbonyl (C=O) groups excluding carboxylic acids is 2. The molecule has 0 aliphatic heterocycles. The Labute approximate surface area is 191 Å². The van der Waals surface area contributed by atoms with Crippen LogP contribution in [0.3, 0.4) is 0 Å². The summed E-state index contributed by atoms with van der Waals surface area (Å²) in [4.78, 5) is 24.1. The van der Waals surface area contributed by atoms with Crippen molar-refractivity contribution in [2.75, 3.05) is 0 Å². The predicted molar refractivity (Wildman–Crippen MR) is 130 cm³/mol. The van der Waals surface area contributed by atoms with Crippen molar-refractivity contribution in [1.29, 1.82) is 0 Å². The average Bonchev–Trinajstić information content (AvgIpc) is 2.77. The van der Waals surface area contributed by atoms with Crippen LogP contribution in [0.2, 0.25) is 0 Å². The number of benzene rings is 2. The summed E-state index contributed by atoms with van der Waals surface area (Å²) in [5.74, 6) is 0.323. The molecule has 170 valence electrons. The summed E-state index contributed by atoms with van der Waals surface area (Å²) in [5.41, 5.74) is 4.79. The molecule has 4 nitrogen and oxygen atoms in total. The summed E-state index contributed by atoms with van der Waals surface area (Å²) in [5, 5.41) is 0. The lowest BCUT2D eigenvalue weighted by atomic mass is 9.96. The molecule has 2 aromatic carbocycles. The van der Waals surface area contributed by atoms with Gasteiger partial charge in [0, 0.05) is 11.1 Å². The molecule has 0 spiro atoms. The number of aryl methyl sites for hydroxylation is 2. The van der Waals surface area contributed by atoms with Crippen molar-refractivity contribution in [2.45, 2.75) is 66.2 Å². The third-order valence-electron chi connectivity index (χ3n) is 5.16. The fraction of sp³-hybridized carbons (Fsp3) is 0.357. The van der Waals surface area contributed by atoms with Gasteiger partial charge in [0.05, 0.1) is 0 Å². The number of ether oxygens (including phenoxy) is 2. The van der Waals surface area contributed by atoms with E-state index < -0.39 is 11.9 Å². The van der Waals surface area contributed by atoms with Crippen LogP contribution in [0.1, 0.15) is 64.5 Å². The monoisotopic (exact) mass is 434 g/mol. The third-order valence-corrected chi connectivity index (χ3v) is 5.16. The summed E-state index contributed by atoms with van der Waals surface area (Å²) >= 11 is 0. The van der Waals surface area contributed by atoms with E-state index in [0.29, 0.717) is 22.6 Å². The van der Waals surface area contributed by atoms with Gasteiger partial charge in [0.25, 0.3) is 0 Å². The van der Waals surface area contributed by atoms with Crippen LogP contribution >= 0.6 is 0 Å². The zero-order valence-electron chi connectivity index (χ0n) is 19.8. The average molecular weight is 435 g/mol. The number of unbranched alkanes of at least 4 members (excludes halogenated alkanes) is 2. The highest BCUT2D eigenvalue weighted by molar-refractivity contribution is 5.89. The smallest absolute Gasteiger partial charge is 0.338 e. The van der Waals surface area contributed by atoms with Gasteiger partial charge in [0.15, 0.2) is 0 Å². The minimum Gasteiger partial charge on any atom is -0.423 e. The molecule has 0 unspecified atom stereocenters. The quantitative estimate of drug-likeness (QED) is 0.217. The Morgan fingerprint density at radius 2 is 1.09 bits per heavy atom. The molecule has 0 amide bonds. The van der Waals surface area contributed by atoms with Crippen molar-refractivity contribution in [1.82, 2.24) is 0 Å². The first kappa shape index (κ1) is 25.1. The standard InChI is InChI=1S/C28H34O4/c1-7-9-11-23-17-21(13-15-25(23)31-27(29)19(3)4)22-14-16-26(32-28(30)20(5)6)24(18-22)12-10-8-2/h13-18H,3,5,7-12H2,1-2,4,6H3. The van der Waals surface area contributed by atoms with Crippen LogP contribution < -0.4 is 9.47 Å². The van der Waals surface area contributed by atoms with Crippen LogP contribution in [0.4, 0.5) is 0 Å². The first-order valence-corrected chi connectivity index (χ1v) is 11.3. The van der Waals surface area contributed by atoms with Gasteiger partial charge in [0.2, 0.25) is 0 Å². The molecule has 0 atom stereocenters. The van der Waals surface area contributed by atoms with E-state index in [1.807, 2.05) is 24.3 Å². The topological polar surface area (TPSA) is 52.6 Å². The molecule has 0 N–H and O–H groups in total. The number of hydrogen-bond donors (Lipinski definition) is 0. The van der Waals surface area contributed by atoms with Crippen molar-refractivity contribution in [3.8, 4) is 22.6 Å². The Hall–Kier alpha value is -3.14. The van der Waals surface area contributed by atoms with E-state index in [4.69, 9.17) is 9.47 Å². The molecule has 0 aromatic heterocycles. The Bertz CT molecular complexity index is 919. The van der Waals surface area contributed by atoms with Gasteiger partial charge in [-0.15, -0.1) is 0 Å². The predicted octanol–water partition coefficient (Wildman–Crippen LogP) is 7.00. The summed E-state index contributed by atoms with van der Waals surface area (Å²) < 4.78 is 11.1. The molecule has 4 heteroatoms. The normalized spacial score (nSPS) is 10.5. The second kappa shape index (κ2) is 12.0. The molecule has 0 aliphatic carbocycles. The van der Waals surface area contributed by atoms with Gasteiger partial charge < -0.3 is 9.47 Å². The van der Waals surface area contributed by atoms with Gasteiger partial charge in [-0.2, -0.15) is 0 Å². The largest absolute Gasteiger partial charge is 0.423 e. The van der Waals surface area contributed by atoms with Crippen molar-refractivity contribution < 1.29 is 19.1 Å². The van der Waals surface area contributed by atoms with Crippen molar-refractivity contribution in [2.24, 2.45) is 0 Å². The molecule has 0 fully saturated rings. The number of carbonyl (C=O) groups is 2. The molecule has 2 aromatic rings. The highest BCUT2D eigenvalue weighted by Crippen LogP contribution is 2.32. The lowest BCUT2D eigenvalue weighted by Gasteiger charge is -2.15. The molecule has 0 radical (unpaired) electrons. The second-order valence-electron chi connectivity index (χ2n) is 8.19. The first-order chi connectivity index (χ1) is 15.3. The van der Waals surface area contributed by atoms with Crippen molar-refractivity contribution in [3.05, 3.63) is 71.8 Å².